The predicted molar refractivity (Wildman–Crippen MR) is 108 cm³/mol. The molecular formula is C20H19N7O4. The van der Waals surface area contributed by atoms with Gasteiger partial charge in [0, 0.05) is 25.9 Å². The molecule has 1 unspecified atom stereocenters. The van der Waals surface area contributed by atoms with Crippen molar-refractivity contribution >= 4 is 34.4 Å². The Balaban J connectivity index is 1.55. The number of benzene rings is 1. The van der Waals surface area contributed by atoms with Crippen LogP contribution < -0.4 is 15.4 Å². The summed E-state index contributed by atoms with van der Waals surface area (Å²) in [5, 5.41) is 23.2. The van der Waals surface area contributed by atoms with E-state index in [1.54, 1.807) is 30.9 Å². The Morgan fingerprint density at radius 3 is 2.90 bits per heavy atom. The summed E-state index contributed by atoms with van der Waals surface area (Å²) in [7, 11) is 3.34. The first kappa shape index (κ1) is 20.1. The molecule has 0 aliphatic carbocycles. The van der Waals surface area contributed by atoms with E-state index >= 15 is 0 Å². The number of hydrogen-bond acceptors (Lipinski definition) is 7. The molecule has 1 aromatic carbocycles. The van der Waals surface area contributed by atoms with Gasteiger partial charge in [-0.25, -0.2) is 0 Å². The number of ether oxygens (including phenoxy) is 1. The highest BCUT2D eigenvalue weighted by Gasteiger charge is 2.32. The molecule has 3 amide bonds. The number of nitriles is 1. The molecule has 1 fully saturated rings. The van der Waals surface area contributed by atoms with Gasteiger partial charge in [0.25, 0.3) is 5.91 Å². The second-order valence-electron chi connectivity index (χ2n) is 7.14. The molecule has 3 aromatic rings. The fourth-order valence-corrected chi connectivity index (χ4v) is 3.64. The third-order valence-electron chi connectivity index (χ3n) is 5.10. The summed E-state index contributed by atoms with van der Waals surface area (Å²) < 4.78 is 8.72. The Labute approximate surface area is 176 Å². The molecular weight excluding hydrogens is 402 g/mol. The topological polar surface area (TPSA) is 144 Å². The minimum absolute atomic E-state index is 0.249. The lowest BCUT2D eigenvalue weighted by Crippen LogP contribution is -2.39. The summed E-state index contributed by atoms with van der Waals surface area (Å²) in [5.41, 5.74) is 1.44. The highest BCUT2D eigenvalue weighted by molar-refractivity contribution is 6.03. The summed E-state index contributed by atoms with van der Waals surface area (Å²) >= 11 is 0. The third kappa shape index (κ3) is 3.71. The number of fused-ring (bicyclic) bond motifs is 1. The van der Waals surface area contributed by atoms with Crippen molar-refractivity contribution in [3.63, 3.8) is 0 Å². The first-order chi connectivity index (χ1) is 14.9. The molecule has 1 aliphatic heterocycles. The number of rotatable bonds is 5. The van der Waals surface area contributed by atoms with Crippen molar-refractivity contribution in [1.82, 2.24) is 24.9 Å². The van der Waals surface area contributed by atoms with E-state index in [2.05, 4.69) is 20.8 Å². The van der Waals surface area contributed by atoms with Gasteiger partial charge >= 0.3 is 0 Å². The summed E-state index contributed by atoms with van der Waals surface area (Å²) in [6, 6.07) is 7.24. The summed E-state index contributed by atoms with van der Waals surface area (Å²) in [4.78, 5) is 36.1. The summed E-state index contributed by atoms with van der Waals surface area (Å²) in [6.07, 6.45) is 2.00. The van der Waals surface area contributed by atoms with Crippen LogP contribution >= 0.6 is 0 Å². The standard InChI is InChI=1S/C20H19N7O4/c1-26-18-12(17(25-26)13-6-7-15(28)24-20(13)30)4-3-5-14(18)31-10-16(29)23-19-11(8-21)9-22-27(19)2/h3-5,9,13H,6-7,10H2,1-2H3,(H,23,29)(H,24,28,30). The number of imide groups is 1. The van der Waals surface area contributed by atoms with Gasteiger partial charge in [-0.2, -0.15) is 15.5 Å². The van der Waals surface area contributed by atoms with Gasteiger partial charge in [-0.05, 0) is 12.5 Å². The smallest absolute Gasteiger partial charge is 0.263 e. The van der Waals surface area contributed by atoms with Crippen LogP contribution in [0.3, 0.4) is 0 Å². The molecule has 158 valence electrons. The molecule has 11 nitrogen and oxygen atoms in total. The van der Waals surface area contributed by atoms with E-state index in [9.17, 15) is 14.4 Å². The molecule has 0 bridgehead atoms. The minimum Gasteiger partial charge on any atom is -0.481 e. The number of amides is 3. The third-order valence-corrected chi connectivity index (χ3v) is 5.10. The van der Waals surface area contributed by atoms with Gasteiger partial charge in [0.2, 0.25) is 11.8 Å². The molecule has 31 heavy (non-hydrogen) atoms. The molecule has 0 saturated carbocycles. The van der Waals surface area contributed by atoms with Crippen LogP contribution in [-0.4, -0.2) is 43.9 Å². The van der Waals surface area contributed by atoms with Crippen LogP contribution in [0.4, 0.5) is 5.82 Å². The number of nitrogens with one attached hydrogen (secondary N) is 2. The van der Waals surface area contributed by atoms with Crippen LogP contribution in [0.15, 0.2) is 24.4 Å². The lowest BCUT2D eigenvalue weighted by molar-refractivity contribution is -0.134. The number of carbonyl (C=O) groups is 3. The van der Waals surface area contributed by atoms with E-state index < -0.39 is 11.8 Å². The summed E-state index contributed by atoms with van der Waals surface area (Å²) in [6.45, 7) is -0.298. The molecule has 2 N–H and O–H groups in total. The van der Waals surface area contributed by atoms with Crippen LogP contribution in [-0.2, 0) is 28.5 Å². The van der Waals surface area contributed by atoms with Crippen molar-refractivity contribution in [2.24, 2.45) is 14.1 Å². The number of carbonyl (C=O) groups excluding carboxylic acids is 3. The number of hydrogen-bond donors (Lipinski definition) is 2. The van der Waals surface area contributed by atoms with Gasteiger partial charge in [0.15, 0.2) is 6.61 Å². The first-order valence-electron chi connectivity index (χ1n) is 9.53. The molecule has 3 heterocycles. The van der Waals surface area contributed by atoms with Gasteiger partial charge in [0.1, 0.15) is 28.7 Å². The van der Waals surface area contributed by atoms with E-state index in [1.165, 1.54) is 10.9 Å². The second kappa shape index (κ2) is 7.91. The van der Waals surface area contributed by atoms with E-state index in [0.717, 1.165) is 0 Å². The molecule has 1 atom stereocenters. The average molecular weight is 421 g/mol. The maximum Gasteiger partial charge on any atom is 0.263 e. The van der Waals surface area contributed by atoms with Crippen LogP contribution in [0, 0.1) is 11.3 Å². The molecule has 4 rings (SSSR count). The van der Waals surface area contributed by atoms with Crippen molar-refractivity contribution in [2.45, 2.75) is 18.8 Å². The van der Waals surface area contributed by atoms with Crippen molar-refractivity contribution in [1.29, 1.82) is 5.26 Å². The van der Waals surface area contributed by atoms with Crippen molar-refractivity contribution in [3.05, 3.63) is 35.7 Å². The number of nitrogens with zero attached hydrogens (tertiary/aromatic N) is 5. The fourth-order valence-electron chi connectivity index (χ4n) is 3.64. The fraction of sp³-hybridized carbons (Fsp3) is 0.300. The lowest BCUT2D eigenvalue weighted by atomic mass is 9.93. The number of aromatic nitrogens is 4. The Hall–Kier alpha value is -4.20. The van der Waals surface area contributed by atoms with Crippen LogP contribution in [0.25, 0.3) is 10.9 Å². The summed E-state index contributed by atoms with van der Waals surface area (Å²) in [5.74, 6) is -0.934. The second-order valence-corrected chi connectivity index (χ2v) is 7.14. The normalized spacial score (nSPS) is 16.1. The van der Waals surface area contributed by atoms with Gasteiger partial charge in [-0.1, -0.05) is 12.1 Å². The maximum atomic E-state index is 12.4. The quantitative estimate of drug-likeness (QED) is 0.578. The molecule has 0 radical (unpaired) electrons. The zero-order valence-electron chi connectivity index (χ0n) is 16.9. The molecule has 0 spiro atoms. The van der Waals surface area contributed by atoms with Crippen molar-refractivity contribution in [2.75, 3.05) is 11.9 Å². The molecule has 11 heteroatoms. The van der Waals surface area contributed by atoms with E-state index in [-0.39, 0.29) is 36.2 Å². The largest absolute Gasteiger partial charge is 0.481 e. The highest BCUT2D eigenvalue weighted by Crippen LogP contribution is 2.34. The molecule has 1 saturated heterocycles. The number of aryl methyl sites for hydroxylation is 2. The zero-order chi connectivity index (χ0) is 22.1. The minimum atomic E-state index is -0.533. The van der Waals surface area contributed by atoms with Crippen LogP contribution in [0.1, 0.15) is 30.0 Å². The average Bonchev–Trinajstić information content (AvgIpc) is 3.26. The van der Waals surface area contributed by atoms with Gasteiger partial charge in [-0.15, -0.1) is 0 Å². The van der Waals surface area contributed by atoms with Gasteiger partial charge in [-0.3, -0.25) is 29.1 Å². The Kier molecular flexibility index (Phi) is 5.12. The number of piperidine rings is 1. The van der Waals surface area contributed by atoms with Crippen molar-refractivity contribution < 1.29 is 19.1 Å². The lowest BCUT2D eigenvalue weighted by Gasteiger charge is -2.19. The number of anilines is 1. The van der Waals surface area contributed by atoms with Crippen molar-refractivity contribution in [3.8, 4) is 11.8 Å². The van der Waals surface area contributed by atoms with Crippen LogP contribution in [0.5, 0.6) is 5.75 Å². The van der Waals surface area contributed by atoms with Gasteiger partial charge < -0.3 is 10.1 Å². The SMILES string of the molecule is Cn1ncc(C#N)c1NC(=O)COc1cccc2c(C3CCC(=O)NC3=O)nn(C)c12. The first-order valence-corrected chi connectivity index (χ1v) is 9.53. The Morgan fingerprint density at radius 2 is 2.16 bits per heavy atom. The van der Waals surface area contributed by atoms with Crippen LogP contribution in [0.2, 0.25) is 0 Å². The monoisotopic (exact) mass is 421 g/mol. The van der Waals surface area contributed by atoms with E-state index in [0.29, 0.717) is 28.8 Å². The molecule has 1 aliphatic rings. The van der Waals surface area contributed by atoms with Gasteiger partial charge in [0.05, 0.1) is 17.8 Å². The maximum absolute atomic E-state index is 12.4. The zero-order valence-corrected chi connectivity index (χ0v) is 16.9. The molecule has 2 aromatic heterocycles. The van der Waals surface area contributed by atoms with E-state index in [1.807, 2.05) is 12.1 Å². The Morgan fingerprint density at radius 1 is 1.35 bits per heavy atom. The number of para-hydroxylation sites is 1. The Bertz CT molecular complexity index is 1250. The van der Waals surface area contributed by atoms with E-state index in [4.69, 9.17) is 10.00 Å². The highest BCUT2D eigenvalue weighted by atomic mass is 16.5. The predicted octanol–water partition coefficient (Wildman–Crippen LogP) is 0.716.